The van der Waals surface area contributed by atoms with Gasteiger partial charge < -0.3 is 0 Å². The predicted molar refractivity (Wildman–Crippen MR) is 49.7 cm³/mol. The molecule has 0 spiro atoms. The fraction of sp³-hybridized carbons (Fsp3) is 0.900. The Labute approximate surface area is 75.2 Å². The first-order chi connectivity index (χ1) is 5.61. The molecule has 68 valence electrons. The van der Waals surface area contributed by atoms with Crippen molar-refractivity contribution in [2.75, 3.05) is 14.1 Å². The predicted octanol–water partition coefficient (Wildman–Crippen LogP) is 2.02. The third kappa shape index (κ3) is 1.47. The monoisotopic (exact) mass is 166 g/mol. The molecular formula is C10H18N2. The largest absolute Gasteiger partial charge is 0.292 e. The molecule has 1 saturated carbocycles. The molecule has 0 aliphatic heterocycles. The van der Waals surface area contributed by atoms with Gasteiger partial charge in [0.1, 0.15) is 5.54 Å². The van der Waals surface area contributed by atoms with Gasteiger partial charge in [0.15, 0.2) is 0 Å². The van der Waals surface area contributed by atoms with Crippen LogP contribution in [0.25, 0.3) is 0 Å². The van der Waals surface area contributed by atoms with E-state index in [1.165, 1.54) is 25.7 Å². The molecule has 0 aromatic heterocycles. The topological polar surface area (TPSA) is 27.0 Å². The Balaban J connectivity index is 2.73. The van der Waals surface area contributed by atoms with Crippen molar-refractivity contribution in [1.82, 2.24) is 4.90 Å². The summed E-state index contributed by atoms with van der Waals surface area (Å²) in [5.74, 6) is 0.581. The van der Waals surface area contributed by atoms with Crippen molar-refractivity contribution in [2.24, 2.45) is 5.92 Å². The molecule has 0 radical (unpaired) electrons. The molecular weight excluding hydrogens is 148 g/mol. The third-order valence-corrected chi connectivity index (χ3v) is 3.31. The highest BCUT2D eigenvalue weighted by molar-refractivity contribution is 5.08. The van der Waals surface area contributed by atoms with E-state index >= 15 is 0 Å². The third-order valence-electron chi connectivity index (χ3n) is 3.31. The Morgan fingerprint density at radius 1 is 1.33 bits per heavy atom. The summed E-state index contributed by atoms with van der Waals surface area (Å²) < 4.78 is 0. The Morgan fingerprint density at radius 2 is 1.83 bits per heavy atom. The molecule has 0 bridgehead atoms. The zero-order valence-corrected chi connectivity index (χ0v) is 8.30. The molecule has 12 heavy (non-hydrogen) atoms. The van der Waals surface area contributed by atoms with Crippen LogP contribution in [0.15, 0.2) is 0 Å². The van der Waals surface area contributed by atoms with Crippen LogP contribution in [0.5, 0.6) is 0 Å². The summed E-state index contributed by atoms with van der Waals surface area (Å²) in [7, 11) is 4.00. The van der Waals surface area contributed by atoms with Crippen LogP contribution >= 0.6 is 0 Å². The van der Waals surface area contributed by atoms with E-state index in [2.05, 4.69) is 17.9 Å². The lowest BCUT2D eigenvalue weighted by atomic mass is 9.84. The quantitative estimate of drug-likeness (QED) is 0.627. The van der Waals surface area contributed by atoms with Gasteiger partial charge in [-0.3, -0.25) is 4.90 Å². The molecule has 1 rings (SSSR count). The average Bonchev–Trinajstić information content (AvgIpc) is 2.54. The second-order valence-electron chi connectivity index (χ2n) is 4.14. The maximum Gasteiger partial charge on any atom is 0.108 e. The Kier molecular flexibility index (Phi) is 2.74. The summed E-state index contributed by atoms with van der Waals surface area (Å²) in [6.07, 6.45) is 5.05. The van der Waals surface area contributed by atoms with Gasteiger partial charge in [0.2, 0.25) is 0 Å². The maximum absolute atomic E-state index is 9.12. The van der Waals surface area contributed by atoms with E-state index in [9.17, 15) is 0 Å². The van der Waals surface area contributed by atoms with E-state index in [1.54, 1.807) is 0 Å². The molecule has 0 aromatic rings. The lowest BCUT2D eigenvalue weighted by Crippen LogP contribution is -2.45. The van der Waals surface area contributed by atoms with Crippen LogP contribution in [0.1, 0.15) is 32.6 Å². The minimum absolute atomic E-state index is 0.240. The van der Waals surface area contributed by atoms with Gasteiger partial charge >= 0.3 is 0 Å². The van der Waals surface area contributed by atoms with E-state index in [4.69, 9.17) is 5.26 Å². The molecule has 1 aliphatic carbocycles. The minimum Gasteiger partial charge on any atom is -0.292 e. The number of rotatable bonds is 2. The molecule has 2 nitrogen and oxygen atoms in total. The van der Waals surface area contributed by atoms with Crippen LogP contribution in [0.2, 0.25) is 0 Å². The van der Waals surface area contributed by atoms with Crippen LogP contribution < -0.4 is 0 Å². The summed E-state index contributed by atoms with van der Waals surface area (Å²) in [6.45, 7) is 2.06. The average molecular weight is 166 g/mol. The van der Waals surface area contributed by atoms with Gasteiger partial charge in [-0.2, -0.15) is 5.26 Å². The standard InChI is InChI=1S/C10H18N2/c1-10(8-11,12(2)3)9-6-4-5-7-9/h9H,4-7H2,1-3H3. The number of hydrogen-bond acceptors (Lipinski definition) is 2. The van der Waals surface area contributed by atoms with Gasteiger partial charge in [-0.05, 0) is 39.8 Å². The molecule has 1 atom stereocenters. The number of nitrogens with zero attached hydrogens (tertiary/aromatic N) is 2. The van der Waals surface area contributed by atoms with Crippen LogP contribution in [0, 0.1) is 17.2 Å². The van der Waals surface area contributed by atoms with Crippen molar-refractivity contribution in [3.8, 4) is 6.07 Å². The molecule has 0 amide bonds. The van der Waals surface area contributed by atoms with Gasteiger partial charge in [-0.15, -0.1) is 0 Å². The van der Waals surface area contributed by atoms with Crippen molar-refractivity contribution in [1.29, 1.82) is 5.26 Å². The lowest BCUT2D eigenvalue weighted by molar-refractivity contribution is 0.157. The van der Waals surface area contributed by atoms with Gasteiger partial charge in [-0.25, -0.2) is 0 Å². The first kappa shape index (κ1) is 9.54. The zero-order valence-electron chi connectivity index (χ0n) is 8.30. The van der Waals surface area contributed by atoms with Crippen molar-refractivity contribution in [3.63, 3.8) is 0 Å². The Hall–Kier alpha value is -0.550. The minimum atomic E-state index is -0.240. The fourth-order valence-electron chi connectivity index (χ4n) is 2.04. The van der Waals surface area contributed by atoms with Crippen LogP contribution in [0.4, 0.5) is 0 Å². The SMILES string of the molecule is CN(C)C(C)(C#N)C1CCCC1. The Bertz CT molecular complexity index is 187. The molecule has 0 N–H and O–H groups in total. The lowest BCUT2D eigenvalue weighted by Gasteiger charge is -2.35. The van der Waals surface area contributed by atoms with Crippen molar-refractivity contribution in [2.45, 2.75) is 38.1 Å². The van der Waals surface area contributed by atoms with Crippen molar-refractivity contribution < 1.29 is 0 Å². The van der Waals surface area contributed by atoms with E-state index < -0.39 is 0 Å². The molecule has 0 heterocycles. The van der Waals surface area contributed by atoms with Crippen LogP contribution in [-0.2, 0) is 0 Å². The van der Waals surface area contributed by atoms with Gasteiger partial charge in [-0.1, -0.05) is 12.8 Å². The first-order valence-corrected chi connectivity index (χ1v) is 4.70. The normalized spacial score (nSPS) is 23.9. The molecule has 1 unspecified atom stereocenters. The first-order valence-electron chi connectivity index (χ1n) is 4.70. The van der Waals surface area contributed by atoms with Gasteiger partial charge in [0.05, 0.1) is 6.07 Å². The van der Waals surface area contributed by atoms with Gasteiger partial charge in [0, 0.05) is 0 Å². The molecule has 1 fully saturated rings. The van der Waals surface area contributed by atoms with Crippen LogP contribution in [0.3, 0.4) is 0 Å². The zero-order chi connectivity index (χ0) is 9.19. The summed E-state index contributed by atoms with van der Waals surface area (Å²) in [5, 5.41) is 9.12. The number of nitriles is 1. The van der Waals surface area contributed by atoms with Crippen molar-refractivity contribution >= 4 is 0 Å². The smallest absolute Gasteiger partial charge is 0.108 e. The van der Waals surface area contributed by atoms with Crippen LogP contribution in [-0.4, -0.2) is 24.5 Å². The molecule has 0 saturated heterocycles. The molecule has 0 aromatic carbocycles. The number of hydrogen-bond donors (Lipinski definition) is 0. The van der Waals surface area contributed by atoms with E-state index in [1.807, 2.05) is 14.1 Å². The Morgan fingerprint density at radius 3 is 2.17 bits per heavy atom. The maximum atomic E-state index is 9.12. The van der Waals surface area contributed by atoms with E-state index in [0.29, 0.717) is 5.92 Å². The van der Waals surface area contributed by atoms with Gasteiger partial charge in [0.25, 0.3) is 0 Å². The highest BCUT2D eigenvalue weighted by atomic mass is 15.1. The summed E-state index contributed by atoms with van der Waals surface area (Å²) in [6, 6.07) is 2.45. The van der Waals surface area contributed by atoms with E-state index in [0.717, 1.165) is 0 Å². The highest BCUT2D eigenvalue weighted by Crippen LogP contribution is 2.36. The summed E-state index contributed by atoms with van der Waals surface area (Å²) in [4.78, 5) is 2.06. The second-order valence-corrected chi connectivity index (χ2v) is 4.14. The fourth-order valence-corrected chi connectivity index (χ4v) is 2.04. The molecule has 2 heteroatoms. The van der Waals surface area contributed by atoms with Crippen molar-refractivity contribution in [3.05, 3.63) is 0 Å². The summed E-state index contributed by atoms with van der Waals surface area (Å²) in [5.41, 5.74) is -0.240. The van der Waals surface area contributed by atoms with E-state index in [-0.39, 0.29) is 5.54 Å². The highest BCUT2D eigenvalue weighted by Gasteiger charge is 2.37. The molecule has 1 aliphatic rings. The second kappa shape index (κ2) is 3.45. The summed E-state index contributed by atoms with van der Waals surface area (Å²) >= 11 is 0.